The molecule has 1 saturated carbocycles. The summed E-state index contributed by atoms with van der Waals surface area (Å²) >= 11 is 0. The molecule has 2 fully saturated rings. The molecule has 1 aromatic heterocycles. The van der Waals surface area contributed by atoms with E-state index in [1.807, 2.05) is 0 Å². The fourth-order valence-electron chi connectivity index (χ4n) is 3.86. The van der Waals surface area contributed by atoms with Crippen molar-refractivity contribution in [3.05, 3.63) is 36.0 Å². The van der Waals surface area contributed by atoms with E-state index >= 15 is 0 Å². The van der Waals surface area contributed by atoms with Crippen LogP contribution in [0, 0.1) is 5.82 Å². The summed E-state index contributed by atoms with van der Waals surface area (Å²) < 4.78 is 18.5. The molecule has 1 N–H and O–H groups in total. The number of likely N-dealkylation sites (tertiary alicyclic amines) is 1. The maximum absolute atomic E-state index is 13.1. The number of rotatable bonds is 3. The van der Waals surface area contributed by atoms with Crippen LogP contribution in [0.2, 0.25) is 0 Å². The van der Waals surface area contributed by atoms with Crippen LogP contribution in [0.25, 0.3) is 11.4 Å². The number of halogens is 1. The van der Waals surface area contributed by atoms with E-state index < -0.39 is 0 Å². The Labute approximate surface area is 151 Å². The monoisotopic (exact) mass is 358 g/mol. The summed E-state index contributed by atoms with van der Waals surface area (Å²) in [7, 11) is 0. The lowest BCUT2D eigenvalue weighted by molar-refractivity contribution is 0.173. The van der Waals surface area contributed by atoms with Crippen molar-refractivity contribution < 1.29 is 13.7 Å². The third-order valence-electron chi connectivity index (χ3n) is 5.28. The second-order valence-electron chi connectivity index (χ2n) is 7.10. The van der Waals surface area contributed by atoms with Gasteiger partial charge in [0.15, 0.2) is 0 Å². The highest BCUT2D eigenvalue weighted by molar-refractivity contribution is 5.75. The quantitative estimate of drug-likeness (QED) is 0.898. The smallest absolute Gasteiger partial charge is 0.318 e. The first-order chi connectivity index (χ1) is 12.7. The zero-order valence-electron chi connectivity index (χ0n) is 14.7. The van der Waals surface area contributed by atoms with E-state index in [9.17, 15) is 9.18 Å². The topological polar surface area (TPSA) is 71.3 Å². The molecule has 2 heterocycles. The second kappa shape index (κ2) is 7.43. The Morgan fingerprint density at radius 1 is 1.12 bits per heavy atom. The molecule has 2 aromatic rings. The van der Waals surface area contributed by atoms with Gasteiger partial charge in [-0.1, -0.05) is 24.4 Å². The van der Waals surface area contributed by atoms with E-state index in [-0.39, 0.29) is 23.9 Å². The number of carbonyl (C=O) groups is 1. The van der Waals surface area contributed by atoms with E-state index in [0.29, 0.717) is 23.8 Å². The molecule has 0 spiro atoms. The fraction of sp³-hybridized carbons (Fsp3) is 0.526. The number of benzene rings is 1. The maximum atomic E-state index is 13.1. The second-order valence-corrected chi connectivity index (χ2v) is 7.10. The van der Waals surface area contributed by atoms with Gasteiger partial charge >= 0.3 is 6.03 Å². The summed E-state index contributed by atoms with van der Waals surface area (Å²) in [6, 6.07) is 6.00. The molecule has 0 radical (unpaired) electrons. The minimum Gasteiger partial charge on any atom is -0.337 e. The van der Waals surface area contributed by atoms with Crippen LogP contribution in [0.15, 0.2) is 28.8 Å². The van der Waals surface area contributed by atoms with Gasteiger partial charge in [0.2, 0.25) is 11.7 Å². The van der Waals surface area contributed by atoms with Gasteiger partial charge < -0.3 is 14.7 Å². The van der Waals surface area contributed by atoms with Crippen molar-refractivity contribution in [3.63, 3.8) is 0 Å². The van der Waals surface area contributed by atoms with Crippen LogP contribution < -0.4 is 5.32 Å². The van der Waals surface area contributed by atoms with Crippen molar-refractivity contribution in [2.24, 2.45) is 0 Å². The first-order valence-electron chi connectivity index (χ1n) is 9.37. The number of amides is 2. The highest BCUT2D eigenvalue weighted by Gasteiger charge is 2.35. The van der Waals surface area contributed by atoms with Gasteiger partial charge in [0, 0.05) is 18.2 Å². The Morgan fingerprint density at radius 2 is 1.88 bits per heavy atom. The molecular formula is C19H23FN4O2. The fourth-order valence-corrected chi connectivity index (χ4v) is 3.86. The number of hydrogen-bond acceptors (Lipinski definition) is 4. The standard InChI is InChI=1S/C19H23FN4O2/c20-14-10-8-13(9-11-14)17-22-18(26-23-17)16-7-4-12-24(16)19(25)21-15-5-2-1-3-6-15/h8-11,15-16H,1-7,12H2,(H,21,25). The Bertz CT molecular complexity index is 755. The Hall–Kier alpha value is -2.44. The average molecular weight is 358 g/mol. The molecule has 2 aliphatic rings. The van der Waals surface area contributed by atoms with Crippen molar-refractivity contribution in [1.82, 2.24) is 20.4 Å². The number of nitrogens with zero attached hydrogens (tertiary/aromatic N) is 3. The summed E-state index contributed by atoms with van der Waals surface area (Å²) in [4.78, 5) is 18.9. The maximum Gasteiger partial charge on any atom is 0.318 e. The first kappa shape index (κ1) is 17.0. The van der Waals surface area contributed by atoms with Crippen LogP contribution >= 0.6 is 0 Å². The molecule has 138 valence electrons. The number of nitrogens with one attached hydrogen (secondary N) is 1. The third kappa shape index (κ3) is 3.57. The van der Waals surface area contributed by atoms with Crippen LogP contribution in [0.4, 0.5) is 9.18 Å². The Morgan fingerprint density at radius 3 is 2.65 bits per heavy atom. The van der Waals surface area contributed by atoms with Gasteiger partial charge in [-0.15, -0.1) is 0 Å². The van der Waals surface area contributed by atoms with Crippen LogP contribution in [-0.4, -0.2) is 33.7 Å². The zero-order chi connectivity index (χ0) is 17.9. The van der Waals surface area contributed by atoms with Crippen molar-refractivity contribution >= 4 is 6.03 Å². The van der Waals surface area contributed by atoms with Crippen LogP contribution in [0.1, 0.15) is 56.9 Å². The molecule has 26 heavy (non-hydrogen) atoms. The van der Waals surface area contributed by atoms with E-state index in [2.05, 4.69) is 15.5 Å². The van der Waals surface area contributed by atoms with Crippen molar-refractivity contribution in [3.8, 4) is 11.4 Å². The largest absolute Gasteiger partial charge is 0.337 e. The Balaban J connectivity index is 1.46. The lowest BCUT2D eigenvalue weighted by Gasteiger charge is -2.28. The SMILES string of the molecule is O=C(NC1CCCCC1)N1CCCC1c1nc(-c2ccc(F)cc2)no1. The molecule has 6 nitrogen and oxygen atoms in total. The number of urea groups is 1. The van der Waals surface area contributed by atoms with Gasteiger partial charge in [0.1, 0.15) is 11.9 Å². The molecule has 1 unspecified atom stereocenters. The molecule has 1 aliphatic carbocycles. The minimum atomic E-state index is -0.307. The normalized spacial score (nSPS) is 21.1. The lowest BCUT2D eigenvalue weighted by atomic mass is 9.96. The molecule has 1 aliphatic heterocycles. The van der Waals surface area contributed by atoms with Crippen molar-refractivity contribution in [2.75, 3.05) is 6.54 Å². The molecule has 7 heteroatoms. The van der Waals surface area contributed by atoms with E-state index in [1.54, 1.807) is 17.0 Å². The molecule has 2 amide bonds. The average Bonchev–Trinajstić information content (AvgIpc) is 3.32. The van der Waals surface area contributed by atoms with Crippen molar-refractivity contribution in [1.29, 1.82) is 0 Å². The van der Waals surface area contributed by atoms with Gasteiger partial charge in [-0.3, -0.25) is 0 Å². The van der Waals surface area contributed by atoms with Gasteiger partial charge in [-0.05, 0) is 49.9 Å². The van der Waals surface area contributed by atoms with Gasteiger partial charge in [-0.25, -0.2) is 9.18 Å². The zero-order valence-corrected chi connectivity index (χ0v) is 14.7. The molecule has 1 saturated heterocycles. The van der Waals surface area contributed by atoms with Gasteiger partial charge in [0.05, 0.1) is 0 Å². The van der Waals surface area contributed by atoms with E-state index in [0.717, 1.165) is 25.7 Å². The summed E-state index contributed by atoms with van der Waals surface area (Å²) in [5.74, 6) is 0.555. The van der Waals surface area contributed by atoms with Crippen LogP contribution in [-0.2, 0) is 0 Å². The Kier molecular flexibility index (Phi) is 4.86. The summed E-state index contributed by atoms with van der Waals surface area (Å²) in [6.45, 7) is 0.692. The molecule has 1 aromatic carbocycles. The molecular weight excluding hydrogens is 335 g/mol. The number of hydrogen-bond donors (Lipinski definition) is 1. The summed E-state index contributed by atoms with van der Waals surface area (Å²) in [5.41, 5.74) is 0.692. The van der Waals surface area contributed by atoms with Crippen LogP contribution in [0.5, 0.6) is 0 Å². The highest BCUT2D eigenvalue weighted by Crippen LogP contribution is 2.32. The summed E-state index contributed by atoms with van der Waals surface area (Å²) in [6.07, 6.45) is 7.45. The number of aromatic nitrogens is 2. The third-order valence-corrected chi connectivity index (χ3v) is 5.28. The van der Waals surface area contributed by atoms with Crippen LogP contribution in [0.3, 0.4) is 0 Å². The highest BCUT2D eigenvalue weighted by atomic mass is 19.1. The van der Waals surface area contributed by atoms with Gasteiger partial charge in [-0.2, -0.15) is 4.98 Å². The first-order valence-corrected chi connectivity index (χ1v) is 9.37. The van der Waals surface area contributed by atoms with Crippen molar-refractivity contribution in [2.45, 2.75) is 57.0 Å². The predicted molar refractivity (Wildman–Crippen MR) is 93.8 cm³/mol. The summed E-state index contributed by atoms with van der Waals surface area (Å²) in [5, 5.41) is 7.16. The molecule has 0 bridgehead atoms. The lowest BCUT2D eigenvalue weighted by Crippen LogP contribution is -2.45. The van der Waals surface area contributed by atoms with E-state index in [4.69, 9.17) is 4.52 Å². The van der Waals surface area contributed by atoms with Gasteiger partial charge in [0.25, 0.3) is 0 Å². The molecule has 4 rings (SSSR count). The van der Waals surface area contributed by atoms with E-state index in [1.165, 1.54) is 31.4 Å². The molecule has 1 atom stereocenters. The minimum absolute atomic E-state index is 0.0408. The number of carbonyl (C=O) groups excluding carboxylic acids is 1. The predicted octanol–water partition coefficient (Wildman–Crippen LogP) is 4.05.